The first-order valence-corrected chi connectivity index (χ1v) is 7.96. The zero-order chi connectivity index (χ0) is 15.2. The molecule has 0 saturated heterocycles. The molecule has 1 aliphatic carbocycles. The molecule has 4 heteroatoms. The second-order valence-corrected chi connectivity index (χ2v) is 5.75. The third-order valence-corrected chi connectivity index (χ3v) is 4.15. The molecule has 22 heavy (non-hydrogen) atoms. The van der Waals surface area contributed by atoms with E-state index in [9.17, 15) is 0 Å². The summed E-state index contributed by atoms with van der Waals surface area (Å²) >= 11 is 0. The van der Waals surface area contributed by atoms with Crippen molar-refractivity contribution < 1.29 is 0 Å². The van der Waals surface area contributed by atoms with E-state index >= 15 is 0 Å². The third-order valence-electron chi connectivity index (χ3n) is 4.15. The number of rotatable bonds is 4. The van der Waals surface area contributed by atoms with E-state index in [4.69, 9.17) is 0 Å². The van der Waals surface area contributed by atoms with Gasteiger partial charge in [-0.05, 0) is 30.5 Å². The van der Waals surface area contributed by atoms with Gasteiger partial charge >= 0.3 is 0 Å². The minimum atomic E-state index is 0.483. The number of nitrogens with one attached hydrogen (secondary N) is 2. The molecule has 1 heterocycles. The van der Waals surface area contributed by atoms with Gasteiger partial charge in [0.1, 0.15) is 0 Å². The minimum absolute atomic E-state index is 0.483. The number of hydrogen-bond donors (Lipinski definition) is 2. The summed E-state index contributed by atoms with van der Waals surface area (Å²) in [6, 6.07) is 9.24. The van der Waals surface area contributed by atoms with Crippen molar-refractivity contribution in [3.05, 3.63) is 54.1 Å². The standard InChI is InChI=1S/C18H24N4/c1-19-18(21-16-6-2-3-7-16)20-14-15-8-10-17(11-9-15)22-12-4-5-13-22/h2-5,8-11,16H,6-7,12-14H2,1H3,(H2,19,20,21). The Labute approximate surface area is 132 Å². The molecular formula is C18H24N4. The van der Waals surface area contributed by atoms with Crippen LogP contribution in [-0.2, 0) is 6.54 Å². The average Bonchev–Trinajstić information content (AvgIpc) is 3.25. The van der Waals surface area contributed by atoms with Gasteiger partial charge < -0.3 is 15.5 Å². The molecule has 0 radical (unpaired) electrons. The highest BCUT2D eigenvalue weighted by atomic mass is 15.2. The topological polar surface area (TPSA) is 39.7 Å². The number of aliphatic imine (C=N–C) groups is 1. The van der Waals surface area contributed by atoms with E-state index in [0.29, 0.717) is 6.04 Å². The van der Waals surface area contributed by atoms with Crippen molar-refractivity contribution in [3.8, 4) is 0 Å². The molecule has 1 aliphatic heterocycles. The predicted octanol–water partition coefficient (Wildman–Crippen LogP) is 2.45. The SMILES string of the molecule is CN=C(NCc1ccc(N2CC=CC2)cc1)NC1CC=CC1. The van der Waals surface area contributed by atoms with Crippen molar-refractivity contribution in [2.45, 2.75) is 25.4 Å². The number of guanidine groups is 1. The van der Waals surface area contributed by atoms with Gasteiger partial charge in [-0.3, -0.25) is 4.99 Å². The quantitative estimate of drug-likeness (QED) is 0.509. The molecule has 2 N–H and O–H groups in total. The molecule has 1 aromatic carbocycles. The number of hydrogen-bond acceptors (Lipinski definition) is 2. The molecule has 0 atom stereocenters. The fourth-order valence-corrected chi connectivity index (χ4v) is 2.82. The summed E-state index contributed by atoms with van der Waals surface area (Å²) in [4.78, 5) is 6.65. The molecule has 4 nitrogen and oxygen atoms in total. The van der Waals surface area contributed by atoms with E-state index in [2.05, 4.69) is 69.1 Å². The highest BCUT2D eigenvalue weighted by molar-refractivity contribution is 5.80. The van der Waals surface area contributed by atoms with Gasteiger partial charge in [0.2, 0.25) is 0 Å². The van der Waals surface area contributed by atoms with Crippen molar-refractivity contribution >= 4 is 11.6 Å². The van der Waals surface area contributed by atoms with E-state index in [1.165, 1.54) is 11.3 Å². The molecule has 1 aromatic rings. The van der Waals surface area contributed by atoms with Crippen LogP contribution in [0, 0.1) is 0 Å². The summed E-state index contributed by atoms with van der Waals surface area (Å²) in [6.07, 6.45) is 11.0. The van der Waals surface area contributed by atoms with Crippen LogP contribution in [0.5, 0.6) is 0 Å². The van der Waals surface area contributed by atoms with Crippen molar-refractivity contribution in [1.82, 2.24) is 10.6 Å². The zero-order valence-electron chi connectivity index (χ0n) is 13.1. The van der Waals surface area contributed by atoms with E-state index in [-0.39, 0.29) is 0 Å². The summed E-state index contributed by atoms with van der Waals surface area (Å²) in [6.45, 7) is 2.82. The number of nitrogens with zero attached hydrogens (tertiary/aromatic N) is 2. The maximum absolute atomic E-state index is 4.30. The van der Waals surface area contributed by atoms with Crippen LogP contribution >= 0.6 is 0 Å². The lowest BCUT2D eigenvalue weighted by Gasteiger charge is -2.19. The van der Waals surface area contributed by atoms with Crippen LogP contribution in [0.3, 0.4) is 0 Å². The molecule has 116 valence electrons. The second kappa shape index (κ2) is 7.16. The van der Waals surface area contributed by atoms with Gasteiger partial charge in [-0.15, -0.1) is 0 Å². The number of anilines is 1. The maximum Gasteiger partial charge on any atom is 0.191 e. The summed E-state index contributed by atoms with van der Waals surface area (Å²) < 4.78 is 0. The molecule has 0 saturated carbocycles. The molecule has 0 bridgehead atoms. The first-order valence-electron chi connectivity index (χ1n) is 7.96. The Bertz CT molecular complexity index is 555. The molecular weight excluding hydrogens is 272 g/mol. The first-order chi connectivity index (χ1) is 10.8. The fraction of sp³-hybridized carbons (Fsp3) is 0.389. The van der Waals surface area contributed by atoms with Crippen molar-refractivity contribution in [2.24, 2.45) is 4.99 Å². The molecule has 3 rings (SSSR count). The van der Waals surface area contributed by atoms with Crippen LogP contribution in [0.1, 0.15) is 18.4 Å². The lowest BCUT2D eigenvalue weighted by Crippen LogP contribution is -2.42. The van der Waals surface area contributed by atoms with Gasteiger partial charge in [-0.1, -0.05) is 36.4 Å². The molecule has 0 unspecified atom stereocenters. The molecule has 0 spiro atoms. The summed E-state index contributed by atoms with van der Waals surface area (Å²) in [5.41, 5.74) is 2.55. The smallest absolute Gasteiger partial charge is 0.191 e. The Kier molecular flexibility index (Phi) is 4.78. The largest absolute Gasteiger partial charge is 0.364 e. The molecule has 0 fully saturated rings. The average molecular weight is 296 g/mol. The predicted molar refractivity (Wildman–Crippen MR) is 93.3 cm³/mol. The van der Waals surface area contributed by atoms with Gasteiger partial charge in [0.15, 0.2) is 5.96 Å². The zero-order valence-corrected chi connectivity index (χ0v) is 13.1. The lowest BCUT2D eigenvalue weighted by molar-refractivity contribution is 0.633. The van der Waals surface area contributed by atoms with Crippen LogP contribution in [0.4, 0.5) is 5.69 Å². The van der Waals surface area contributed by atoms with Crippen LogP contribution in [0.15, 0.2) is 53.6 Å². The van der Waals surface area contributed by atoms with E-state index in [1.54, 1.807) is 0 Å². The number of benzene rings is 1. The van der Waals surface area contributed by atoms with Crippen LogP contribution in [0.25, 0.3) is 0 Å². The summed E-state index contributed by atoms with van der Waals surface area (Å²) in [5.74, 6) is 0.876. The Morgan fingerprint density at radius 1 is 1.09 bits per heavy atom. The first kappa shape index (κ1) is 14.7. The Morgan fingerprint density at radius 2 is 1.77 bits per heavy atom. The molecule has 0 aromatic heterocycles. The Morgan fingerprint density at radius 3 is 2.41 bits per heavy atom. The third kappa shape index (κ3) is 3.70. The molecule has 0 amide bonds. The van der Waals surface area contributed by atoms with Crippen LogP contribution in [0.2, 0.25) is 0 Å². The Hall–Kier alpha value is -2.23. The van der Waals surface area contributed by atoms with Gasteiger partial charge in [-0.25, -0.2) is 0 Å². The van der Waals surface area contributed by atoms with Gasteiger partial charge in [0.25, 0.3) is 0 Å². The van der Waals surface area contributed by atoms with E-state index in [1.807, 2.05) is 7.05 Å². The summed E-state index contributed by atoms with van der Waals surface area (Å²) in [5, 5.41) is 6.84. The van der Waals surface area contributed by atoms with E-state index in [0.717, 1.165) is 38.4 Å². The summed E-state index contributed by atoms with van der Waals surface area (Å²) in [7, 11) is 1.82. The van der Waals surface area contributed by atoms with Crippen molar-refractivity contribution in [2.75, 3.05) is 25.0 Å². The minimum Gasteiger partial charge on any atom is -0.364 e. The van der Waals surface area contributed by atoms with Gasteiger partial charge in [-0.2, -0.15) is 0 Å². The highest BCUT2D eigenvalue weighted by Crippen LogP contribution is 2.17. The highest BCUT2D eigenvalue weighted by Gasteiger charge is 2.11. The van der Waals surface area contributed by atoms with Crippen molar-refractivity contribution in [1.29, 1.82) is 0 Å². The monoisotopic (exact) mass is 296 g/mol. The Balaban J connectivity index is 1.49. The van der Waals surface area contributed by atoms with Crippen LogP contribution in [-0.4, -0.2) is 32.1 Å². The van der Waals surface area contributed by atoms with Gasteiger partial charge in [0, 0.05) is 38.4 Å². The van der Waals surface area contributed by atoms with Crippen LogP contribution < -0.4 is 15.5 Å². The second-order valence-electron chi connectivity index (χ2n) is 5.75. The maximum atomic E-state index is 4.30. The fourth-order valence-electron chi connectivity index (χ4n) is 2.82. The van der Waals surface area contributed by atoms with Crippen molar-refractivity contribution in [3.63, 3.8) is 0 Å². The molecule has 2 aliphatic rings. The lowest BCUT2D eigenvalue weighted by atomic mass is 10.2. The van der Waals surface area contributed by atoms with Gasteiger partial charge in [0.05, 0.1) is 0 Å². The van der Waals surface area contributed by atoms with E-state index < -0.39 is 0 Å². The normalized spacial score (nSPS) is 18.2.